The molecular weight excluding hydrogens is 340 g/mol. The van der Waals surface area contributed by atoms with E-state index < -0.39 is 17.7 Å². The SMILES string of the molecule is NC(Cc1cc(Br)cc2c1OCC2)c1cc(F)ccc1F. The van der Waals surface area contributed by atoms with E-state index in [-0.39, 0.29) is 5.56 Å². The zero-order chi connectivity index (χ0) is 15.0. The molecule has 1 unspecified atom stereocenters. The highest BCUT2D eigenvalue weighted by atomic mass is 79.9. The molecule has 0 amide bonds. The standard InChI is InChI=1S/C16H14BrF2NO/c17-11-5-9-3-4-21-16(9)10(6-11)7-15(20)13-8-12(18)1-2-14(13)19/h1-2,5-6,8,15H,3-4,7,20H2. The average Bonchev–Trinajstić information content (AvgIpc) is 2.89. The van der Waals surface area contributed by atoms with Gasteiger partial charge in [0.2, 0.25) is 0 Å². The molecule has 2 aromatic rings. The third-order valence-electron chi connectivity index (χ3n) is 3.62. The molecule has 0 aromatic heterocycles. The lowest BCUT2D eigenvalue weighted by molar-refractivity contribution is 0.352. The summed E-state index contributed by atoms with van der Waals surface area (Å²) in [6.07, 6.45) is 1.24. The van der Waals surface area contributed by atoms with E-state index in [4.69, 9.17) is 10.5 Å². The predicted octanol–water partition coefficient (Wildman–Crippen LogP) is 3.90. The van der Waals surface area contributed by atoms with Gasteiger partial charge in [0.1, 0.15) is 17.4 Å². The number of rotatable bonds is 3. The number of benzene rings is 2. The van der Waals surface area contributed by atoms with Gasteiger partial charge in [-0.3, -0.25) is 0 Å². The van der Waals surface area contributed by atoms with Crippen molar-refractivity contribution in [3.63, 3.8) is 0 Å². The second-order valence-corrected chi connectivity index (χ2v) is 6.04. The van der Waals surface area contributed by atoms with Crippen molar-refractivity contribution in [3.05, 3.63) is 63.1 Å². The van der Waals surface area contributed by atoms with Gasteiger partial charge in [0.15, 0.2) is 0 Å². The molecule has 3 rings (SSSR count). The Labute approximate surface area is 130 Å². The maximum atomic E-state index is 13.8. The maximum absolute atomic E-state index is 13.8. The minimum atomic E-state index is -0.622. The van der Waals surface area contributed by atoms with Crippen LogP contribution in [-0.2, 0) is 12.8 Å². The van der Waals surface area contributed by atoms with Gasteiger partial charge >= 0.3 is 0 Å². The van der Waals surface area contributed by atoms with Crippen LogP contribution < -0.4 is 10.5 Å². The van der Waals surface area contributed by atoms with Crippen LogP contribution in [0.2, 0.25) is 0 Å². The van der Waals surface area contributed by atoms with Crippen LogP contribution in [-0.4, -0.2) is 6.61 Å². The van der Waals surface area contributed by atoms with E-state index in [1.165, 1.54) is 0 Å². The fourth-order valence-electron chi connectivity index (χ4n) is 2.64. The Balaban J connectivity index is 1.92. The molecule has 0 bridgehead atoms. The number of halogens is 3. The molecule has 2 N–H and O–H groups in total. The summed E-state index contributed by atoms with van der Waals surface area (Å²) < 4.78 is 33.6. The Morgan fingerprint density at radius 2 is 2.05 bits per heavy atom. The first kappa shape index (κ1) is 14.5. The van der Waals surface area contributed by atoms with Crippen LogP contribution in [0.5, 0.6) is 5.75 Å². The highest BCUT2D eigenvalue weighted by Crippen LogP contribution is 2.35. The highest BCUT2D eigenvalue weighted by molar-refractivity contribution is 9.10. The highest BCUT2D eigenvalue weighted by Gasteiger charge is 2.21. The first-order valence-corrected chi connectivity index (χ1v) is 7.48. The zero-order valence-corrected chi connectivity index (χ0v) is 12.8. The monoisotopic (exact) mass is 353 g/mol. The van der Waals surface area contributed by atoms with Crippen LogP contribution in [0.25, 0.3) is 0 Å². The minimum absolute atomic E-state index is 0.182. The first-order valence-electron chi connectivity index (χ1n) is 6.69. The Morgan fingerprint density at radius 3 is 2.86 bits per heavy atom. The molecule has 5 heteroatoms. The molecule has 1 aliphatic rings. The van der Waals surface area contributed by atoms with Gasteiger partial charge in [-0.15, -0.1) is 0 Å². The smallest absolute Gasteiger partial charge is 0.128 e. The molecular formula is C16H14BrF2NO. The van der Waals surface area contributed by atoms with Gasteiger partial charge in [0.05, 0.1) is 6.61 Å². The number of hydrogen-bond acceptors (Lipinski definition) is 2. The summed E-state index contributed by atoms with van der Waals surface area (Å²) in [4.78, 5) is 0. The van der Waals surface area contributed by atoms with Crippen molar-refractivity contribution in [2.45, 2.75) is 18.9 Å². The molecule has 1 atom stereocenters. The van der Waals surface area contributed by atoms with Crippen molar-refractivity contribution in [1.29, 1.82) is 0 Å². The van der Waals surface area contributed by atoms with Crippen LogP contribution >= 0.6 is 15.9 Å². The van der Waals surface area contributed by atoms with Gasteiger partial charge in [-0.2, -0.15) is 0 Å². The van der Waals surface area contributed by atoms with Gasteiger partial charge in [-0.05, 0) is 47.9 Å². The van der Waals surface area contributed by atoms with Gasteiger partial charge < -0.3 is 10.5 Å². The largest absolute Gasteiger partial charge is 0.493 e. The van der Waals surface area contributed by atoms with Crippen LogP contribution in [0.15, 0.2) is 34.8 Å². The molecule has 2 aromatic carbocycles. The molecule has 0 saturated heterocycles. The van der Waals surface area contributed by atoms with Gasteiger partial charge in [0, 0.05) is 22.5 Å². The molecule has 1 aliphatic heterocycles. The molecule has 0 saturated carbocycles. The quantitative estimate of drug-likeness (QED) is 0.907. The molecule has 1 heterocycles. The summed E-state index contributed by atoms with van der Waals surface area (Å²) in [5.74, 6) is -0.153. The molecule has 0 spiro atoms. The second kappa shape index (κ2) is 5.73. The molecule has 2 nitrogen and oxygen atoms in total. The summed E-state index contributed by atoms with van der Waals surface area (Å²) in [6.45, 7) is 0.641. The van der Waals surface area contributed by atoms with E-state index in [9.17, 15) is 8.78 Å². The fraction of sp³-hybridized carbons (Fsp3) is 0.250. The predicted molar refractivity (Wildman–Crippen MR) is 80.3 cm³/mol. The van der Waals surface area contributed by atoms with E-state index in [0.29, 0.717) is 13.0 Å². The lowest BCUT2D eigenvalue weighted by atomic mass is 9.97. The molecule has 21 heavy (non-hydrogen) atoms. The van der Waals surface area contributed by atoms with Gasteiger partial charge in [-0.25, -0.2) is 8.78 Å². The number of hydrogen-bond donors (Lipinski definition) is 1. The lowest BCUT2D eigenvalue weighted by Crippen LogP contribution is -2.16. The first-order chi connectivity index (χ1) is 10.0. The number of nitrogens with two attached hydrogens (primary N) is 1. The molecule has 110 valence electrons. The zero-order valence-electron chi connectivity index (χ0n) is 11.2. The van der Waals surface area contributed by atoms with Crippen molar-refractivity contribution in [1.82, 2.24) is 0 Å². The van der Waals surface area contributed by atoms with Crippen LogP contribution in [0.3, 0.4) is 0 Å². The van der Waals surface area contributed by atoms with Crippen molar-refractivity contribution >= 4 is 15.9 Å². The van der Waals surface area contributed by atoms with Crippen molar-refractivity contribution < 1.29 is 13.5 Å². The Kier molecular flexibility index (Phi) is 3.95. The summed E-state index contributed by atoms with van der Waals surface area (Å²) in [7, 11) is 0. The summed E-state index contributed by atoms with van der Waals surface area (Å²) in [5, 5.41) is 0. The van der Waals surface area contributed by atoms with Crippen molar-refractivity contribution in [2.75, 3.05) is 6.61 Å². The third-order valence-corrected chi connectivity index (χ3v) is 4.08. The summed E-state index contributed by atoms with van der Waals surface area (Å²) in [5.41, 5.74) is 8.27. The third kappa shape index (κ3) is 2.94. The lowest BCUT2D eigenvalue weighted by Gasteiger charge is -2.16. The molecule has 0 aliphatic carbocycles. The Bertz CT molecular complexity index is 690. The maximum Gasteiger partial charge on any atom is 0.128 e. The minimum Gasteiger partial charge on any atom is -0.493 e. The van der Waals surface area contributed by atoms with E-state index in [1.54, 1.807) is 0 Å². The Morgan fingerprint density at radius 1 is 1.24 bits per heavy atom. The van der Waals surface area contributed by atoms with E-state index in [0.717, 1.165) is 46.0 Å². The molecule has 0 radical (unpaired) electrons. The van der Waals surface area contributed by atoms with E-state index in [2.05, 4.69) is 15.9 Å². The van der Waals surface area contributed by atoms with Crippen LogP contribution in [0, 0.1) is 11.6 Å². The number of ether oxygens (including phenoxy) is 1. The van der Waals surface area contributed by atoms with Crippen molar-refractivity contribution in [3.8, 4) is 5.75 Å². The van der Waals surface area contributed by atoms with Gasteiger partial charge in [0.25, 0.3) is 0 Å². The Hall–Kier alpha value is -1.46. The number of fused-ring (bicyclic) bond motifs is 1. The summed E-state index contributed by atoms with van der Waals surface area (Å²) >= 11 is 3.46. The fourth-order valence-corrected chi connectivity index (χ4v) is 3.20. The van der Waals surface area contributed by atoms with E-state index >= 15 is 0 Å². The van der Waals surface area contributed by atoms with Gasteiger partial charge in [-0.1, -0.05) is 15.9 Å². The average molecular weight is 354 g/mol. The molecule has 0 fully saturated rings. The van der Waals surface area contributed by atoms with E-state index in [1.807, 2.05) is 12.1 Å². The van der Waals surface area contributed by atoms with Crippen LogP contribution in [0.1, 0.15) is 22.7 Å². The van der Waals surface area contributed by atoms with Crippen molar-refractivity contribution in [2.24, 2.45) is 5.73 Å². The second-order valence-electron chi connectivity index (χ2n) is 5.13. The van der Waals surface area contributed by atoms with Crippen LogP contribution in [0.4, 0.5) is 8.78 Å². The topological polar surface area (TPSA) is 35.2 Å². The normalized spacial score (nSPS) is 14.7. The summed E-state index contributed by atoms with van der Waals surface area (Å²) in [6, 6.07) is 6.65.